The topological polar surface area (TPSA) is 94.1 Å². The summed E-state index contributed by atoms with van der Waals surface area (Å²) in [6.45, 7) is 2.05. The minimum atomic E-state index is -0.647. The molecule has 0 fully saturated rings. The van der Waals surface area contributed by atoms with E-state index in [1.165, 1.54) is 0 Å². The first kappa shape index (κ1) is 27.1. The van der Waals surface area contributed by atoms with Gasteiger partial charge >= 0.3 is 5.97 Å². The van der Waals surface area contributed by atoms with Gasteiger partial charge in [0.2, 0.25) is 0 Å². The Morgan fingerprint density at radius 2 is 1.70 bits per heavy atom. The molecule has 0 aromatic heterocycles. The van der Waals surface area contributed by atoms with Gasteiger partial charge in [0.05, 0.1) is 26.4 Å². The van der Waals surface area contributed by atoms with Crippen LogP contribution in [0.1, 0.15) is 48.3 Å². The molecule has 1 aliphatic carbocycles. The number of carbonyl (C=O) groups excluding carboxylic acids is 2. The summed E-state index contributed by atoms with van der Waals surface area (Å²) in [5.74, 6) is 0.0565. The van der Waals surface area contributed by atoms with Crippen molar-refractivity contribution >= 4 is 11.8 Å². The van der Waals surface area contributed by atoms with E-state index in [0.717, 1.165) is 16.8 Å². The van der Waals surface area contributed by atoms with Crippen LogP contribution >= 0.6 is 0 Å². The number of hydrogen-bond acceptors (Lipinski definition) is 7. The Hall–Kier alpha value is -4.52. The molecule has 7 heteroatoms. The van der Waals surface area contributed by atoms with Crippen LogP contribution in [0.2, 0.25) is 0 Å². The van der Waals surface area contributed by atoms with E-state index in [1.807, 2.05) is 61.5 Å². The third-order valence-electron chi connectivity index (χ3n) is 7.60. The molecule has 7 nitrogen and oxygen atoms in total. The van der Waals surface area contributed by atoms with Crippen molar-refractivity contribution in [3.63, 3.8) is 0 Å². The number of Topliss-reactive ketones (excluding diaryl/α,β-unsaturated/α-hetero) is 1. The first-order valence-electron chi connectivity index (χ1n) is 13.4. The Kier molecular flexibility index (Phi) is 7.91. The predicted molar refractivity (Wildman–Crippen MR) is 151 cm³/mol. The fraction of sp³-hybridized carbons (Fsp3) is 0.273. The molecule has 2 aliphatic rings. The van der Waals surface area contributed by atoms with Gasteiger partial charge in [0.15, 0.2) is 17.3 Å². The molecule has 0 unspecified atom stereocenters. The quantitative estimate of drug-likeness (QED) is 0.362. The average Bonchev–Trinajstić information content (AvgIpc) is 2.96. The number of phenols is 1. The Bertz CT molecular complexity index is 1490. The number of carbonyl (C=O) groups is 2. The maximum absolute atomic E-state index is 13.8. The van der Waals surface area contributed by atoms with Gasteiger partial charge in [-0.25, -0.2) is 4.79 Å². The molecule has 0 bridgehead atoms. The smallest absolute Gasteiger partial charge is 0.336 e. The van der Waals surface area contributed by atoms with Gasteiger partial charge in [-0.3, -0.25) is 4.79 Å². The highest BCUT2D eigenvalue weighted by Crippen LogP contribution is 2.46. The molecule has 5 rings (SSSR count). The van der Waals surface area contributed by atoms with Crippen LogP contribution in [-0.4, -0.2) is 37.7 Å². The van der Waals surface area contributed by atoms with Gasteiger partial charge in [0, 0.05) is 35.7 Å². The second kappa shape index (κ2) is 11.7. The summed E-state index contributed by atoms with van der Waals surface area (Å²) in [7, 11) is 3.18. The fourth-order valence-electron chi connectivity index (χ4n) is 5.67. The van der Waals surface area contributed by atoms with E-state index in [9.17, 15) is 14.7 Å². The number of ether oxygens (including phenoxy) is 3. The van der Waals surface area contributed by atoms with E-state index in [0.29, 0.717) is 46.7 Å². The monoisotopic (exact) mass is 539 g/mol. The molecular formula is C33H33NO6. The molecule has 0 amide bonds. The lowest BCUT2D eigenvalue weighted by atomic mass is 9.71. The highest BCUT2D eigenvalue weighted by atomic mass is 16.5. The number of esters is 1. The summed E-state index contributed by atoms with van der Waals surface area (Å²) in [5.41, 5.74) is 5.06. The number of dihydropyridines is 1. The van der Waals surface area contributed by atoms with Gasteiger partial charge in [-0.1, -0.05) is 48.5 Å². The highest BCUT2D eigenvalue weighted by Gasteiger charge is 2.41. The van der Waals surface area contributed by atoms with Crippen LogP contribution in [0.5, 0.6) is 17.2 Å². The SMILES string of the molecule is COc1ccc([C@H]2CC(=O)C3=C(C2)NC(C)=C(C(=O)OCCc2ccccc2)[C@@H]3c2cccc(O)c2)cc1OC. The van der Waals surface area contributed by atoms with E-state index in [-0.39, 0.29) is 30.5 Å². The van der Waals surface area contributed by atoms with Crippen LogP contribution in [0.4, 0.5) is 0 Å². The lowest BCUT2D eigenvalue weighted by molar-refractivity contribution is -0.139. The Labute approximate surface area is 234 Å². The molecule has 0 saturated carbocycles. The van der Waals surface area contributed by atoms with Crippen molar-refractivity contribution in [2.24, 2.45) is 0 Å². The maximum atomic E-state index is 13.8. The third-order valence-corrected chi connectivity index (χ3v) is 7.60. The van der Waals surface area contributed by atoms with Crippen molar-refractivity contribution in [2.45, 2.75) is 38.0 Å². The summed E-state index contributed by atoms with van der Waals surface area (Å²) < 4.78 is 16.6. The minimum Gasteiger partial charge on any atom is -0.508 e. The summed E-state index contributed by atoms with van der Waals surface area (Å²) in [4.78, 5) is 27.4. The molecule has 40 heavy (non-hydrogen) atoms. The number of benzene rings is 3. The zero-order chi connectivity index (χ0) is 28.2. The van der Waals surface area contributed by atoms with Crippen molar-refractivity contribution in [2.75, 3.05) is 20.8 Å². The lowest BCUT2D eigenvalue weighted by Crippen LogP contribution is -2.36. The molecule has 3 aromatic rings. The van der Waals surface area contributed by atoms with Crippen molar-refractivity contribution in [3.05, 3.63) is 112 Å². The van der Waals surface area contributed by atoms with Crippen LogP contribution in [0, 0.1) is 0 Å². The summed E-state index contributed by atoms with van der Waals surface area (Å²) in [6.07, 6.45) is 1.45. The molecule has 3 aromatic carbocycles. The van der Waals surface area contributed by atoms with Gasteiger partial charge in [0.25, 0.3) is 0 Å². The highest BCUT2D eigenvalue weighted by molar-refractivity contribution is 6.04. The van der Waals surface area contributed by atoms with Crippen LogP contribution in [0.15, 0.2) is 95.3 Å². The van der Waals surface area contributed by atoms with Gasteiger partial charge in [-0.2, -0.15) is 0 Å². The molecular weight excluding hydrogens is 506 g/mol. The summed E-state index contributed by atoms with van der Waals surface area (Å²) in [5, 5.41) is 13.6. The Morgan fingerprint density at radius 1 is 0.925 bits per heavy atom. The van der Waals surface area contributed by atoms with E-state index in [1.54, 1.807) is 32.4 Å². The molecule has 0 radical (unpaired) electrons. The van der Waals surface area contributed by atoms with Gasteiger partial charge in [0.1, 0.15) is 5.75 Å². The summed E-state index contributed by atoms with van der Waals surface area (Å²) in [6, 6.07) is 22.3. The van der Waals surface area contributed by atoms with Crippen LogP contribution in [-0.2, 0) is 20.7 Å². The van der Waals surface area contributed by atoms with Crippen molar-refractivity contribution < 1.29 is 28.9 Å². The fourth-order valence-corrected chi connectivity index (χ4v) is 5.67. The van der Waals surface area contributed by atoms with Crippen molar-refractivity contribution in [3.8, 4) is 17.2 Å². The van der Waals surface area contributed by atoms with Crippen molar-refractivity contribution in [1.82, 2.24) is 5.32 Å². The first-order chi connectivity index (χ1) is 19.4. The molecule has 1 heterocycles. The first-order valence-corrected chi connectivity index (χ1v) is 13.4. The number of ketones is 1. The molecule has 1 aliphatic heterocycles. The van der Waals surface area contributed by atoms with E-state index < -0.39 is 11.9 Å². The number of rotatable bonds is 8. The van der Waals surface area contributed by atoms with Gasteiger partial charge in [-0.15, -0.1) is 0 Å². The summed E-state index contributed by atoms with van der Waals surface area (Å²) >= 11 is 0. The second-order valence-corrected chi connectivity index (χ2v) is 10.1. The number of aromatic hydroxyl groups is 1. The minimum absolute atomic E-state index is 0.0519. The third kappa shape index (κ3) is 5.45. The normalized spacial score (nSPS) is 18.6. The predicted octanol–water partition coefficient (Wildman–Crippen LogP) is 5.56. The van der Waals surface area contributed by atoms with Gasteiger partial charge in [-0.05, 0) is 60.2 Å². The standard InChI is InChI=1S/C33H33NO6/c1-20-30(33(37)40-15-14-21-8-5-4-6-9-21)31(23-10-7-11-25(35)16-23)32-26(34-20)17-24(18-27(32)36)22-12-13-28(38-2)29(19-22)39-3/h4-13,16,19,24,31,34-35H,14-15,17-18H2,1-3H3/t24-,31+/m1/s1. The van der Waals surface area contributed by atoms with Crippen LogP contribution in [0.25, 0.3) is 0 Å². The van der Waals surface area contributed by atoms with Crippen LogP contribution < -0.4 is 14.8 Å². The van der Waals surface area contributed by atoms with E-state index in [4.69, 9.17) is 14.2 Å². The molecule has 2 atom stereocenters. The zero-order valence-electron chi connectivity index (χ0n) is 22.9. The maximum Gasteiger partial charge on any atom is 0.336 e. The Morgan fingerprint density at radius 3 is 2.42 bits per heavy atom. The lowest BCUT2D eigenvalue weighted by Gasteiger charge is -2.36. The van der Waals surface area contributed by atoms with E-state index in [2.05, 4.69) is 5.32 Å². The molecule has 2 N–H and O–H groups in total. The Balaban J connectivity index is 1.46. The molecule has 0 saturated heterocycles. The number of nitrogens with one attached hydrogen (secondary N) is 1. The largest absolute Gasteiger partial charge is 0.508 e. The van der Waals surface area contributed by atoms with E-state index >= 15 is 0 Å². The van der Waals surface area contributed by atoms with Gasteiger partial charge < -0.3 is 24.6 Å². The zero-order valence-corrected chi connectivity index (χ0v) is 22.9. The number of methoxy groups -OCH3 is 2. The number of allylic oxidation sites excluding steroid dienone is 3. The molecule has 0 spiro atoms. The second-order valence-electron chi connectivity index (χ2n) is 10.1. The number of phenolic OH excluding ortho intramolecular Hbond substituents is 1. The average molecular weight is 540 g/mol. The number of hydrogen-bond donors (Lipinski definition) is 2. The molecule has 206 valence electrons. The van der Waals surface area contributed by atoms with Crippen molar-refractivity contribution in [1.29, 1.82) is 0 Å². The van der Waals surface area contributed by atoms with Crippen LogP contribution in [0.3, 0.4) is 0 Å².